The minimum absolute atomic E-state index is 0.0200. The maximum absolute atomic E-state index is 12.4. The Kier molecular flexibility index (Phi) is 6.46. The van der Waals surface area contributed by atoms with Crippen molar-refractivity contribution in [3.05, 3.63) is 0 Å². The number of piperidine rings is 1. The van der Waals surface area contributed by atoms with E-state index in [1.54, 1.807) is 4.90 Å². The average molecular weight is 284 g/mol. The number of nitrogens with zero attached hydrogens (tertiary/aromatic N) is 1. The van der Waals surface area contributed by atoms with E-state index in [2.05, 4.69) is 13.8 Å². The standard InChI is InChI=1S/C15H28N2O3/c1-10(2)7-12(9-16)8-13(18)17-6-4-5-11(3)14(17)15(19)20/h10-12,14H,4-9,16H2,1-3H3,(H,19,20)/t11?,12-,14?/m0/s1. The van der Waals surface area contributed by atoms with Crippen LogP contribution in [0.3, 0.4) is 0 Å². The number of hydrogen-bond donors (Lipinski definition) is 2. The van der Waals surface area contributed by atoms with Gasteiger partial charge in [-0.05, 0) is 43.6 Å². The highest BCUT2D eigenvalue weighted by molar-refractivity contribution is 5.84. The van der Waals surface area contributed by atoms with Crippen LogP contribution < -0.4 is 5.73 Å². The lowest BCUT2D eigenvalue weighted by Crippen LogP contribution is -2.52. The highest BCUT2D eigenvalue weighted by Gasteiger charge is 2.37. The lowest BCUT2D eigenvalue weighted by molar-refractivity contribution is -0.155. The predicted octanol–water partition coefficient (Wildman–Crippen LogP) is 1.71. The number of carbonyl (C=O) groups excluding carboxylic acids is 1. The molecule has 5 heteroatoms. The van der Waals surface area contributed by atoms with E-state index in [4.69, 9.17) is 5.73 Å². The first-order valence-corrected chi connectivity index (χ1v) is 7.59. The third-order valence-corrected chi connectivity index (χ3v) is 4.11. The van der Waals surface area contributed by atoms with Crippen LogP contribution in [0.15, 0.2) is 0 Å². The fourth-order valence-corrected chi connectivity index (χ4v) is 3.14. The molecule has 0 aromatic heterocycles. The number of carboxylic acid groups (broad SMARTS) is 1. The van der Waals surface area contributed by atoms with Crippen molar-refractivity contribution in [2.45, 2.75) is 52.5 Å². The Bertz CT molecular complexity index is 344. The normalized spacial score (nSPS) is 24.8. The SMILES string of the molecule is CC(C)C[C@H](CN)CC(=O)N1CCCC(C)C1C(=O)O. The Morgan fingerprint density at radius 3 is 2.55 bits per heavy atom. The zero-order valence-electron chi connectivity index (χ0n) is 12.8. The van der Waals surface area contributed by atoms with Gasteiger partial charge in [-0.2, -0.15) is 0 Å². The molecular weight excluding hydrogens is 256 g/mol. The zero-order chi connectivity index (χ0) is 15.3. The molecule has 0 aliphatic carbocycles. The number of likely N-dealkylation sites (tertiary alicyclic amines) is 1. The predicted molar refractivity (Wildman–Crippen MR) is 78.2 cm³/mol. The van der Waals surface area contributed by atoms with Crippen LogP contribution in [0.1, 0.15) is 46.5 Å². The lowest BCUT2D eigenvalue weighted by atomic mass is 9.89. The summed E-state index contributed by atoms with van der Waals surface area (Å²) in [4.78, 5) is 25.4. The topological polar surface area (TPSA) is 83.6 Å². The zero-order valence-corrected chi connectivity index (χ0v) is 12.8. The molecule has 0 saturated carbocycles. The van der Waals surface area contributed by atoms with Crippen LogP contribution in [-0.2, 0) is 9.59 Å². The first-order valence-electron chi connectivity index (χ1n) is 7.59. The second kappa shape index (κ2) is 7.62. The summed E-state index contributed by atoms with van der Waals surface area (Å²) in [6.45, 7) is 7.16. The highest BCUT2D eigenvalue weighted by atomic mass is 16.4. The van der Waals surface area contributed by atoms with Gasteiger partial charge in [-0.3, -0.25) is 4.79 Å². The minimum atomic E-state index is -0.890. The molecule has 3 N–H and O–H groups in total. The third-order valence-electron chi connectivity index (χ3n) is 4.11. The van der Waals surface area contributed by atoms with E-state index in [1.165, 1.54) is 0 Å². The molecule has 1 rings (SSSR count). The van der Waals surface area contributed by atoms with Crippen molar-refractivity contribution in [3.8, 4) is 0 Å². The maximum atomic E-state index is 12.4. The van der Waals surface area contributed by atoms with Crippen molar-refractivity contribution in [2.75, 3.05) is 13.1 Å². The molecule has 1 amide bonds. The quantitative estimate of drug-likeness (QED) is 0.777. The molecular formula is C15H28N2O3. The first kappa shape index (κ1) is 17.0. The Labute approximate surface area is 121 Å². The van der Waals surface area contributed by atoms with Gasteiger partial charge in [0.2, 0.25) is 5.91 Å². The van der Waals surface area contributed by atoms with Crippen LogP contribution >= 0.6 is 0 Å². The summed E-state index contributed by atoms with van der Waals surface area (Å²) in [6, 6.07) is -0.672. The maximum Gasteiger partial charge on any atom is 0.326 e. The highest BCUT2D eigenvalue weighted by Crippen LogP contribution is 2.25. The number of carbonyl (C=O) groups is 2. The molecule has 116 valence electrons. The molecule has 0 aromatic carbocycles. The molecule has 5 nitrogen and oxygen atoms in total. The first-order chi connectivity index (χ1) is 9.36. The van der Waals surface area contributed by atoms with Crippen LogP contribution in [0.25, 0.3) is 0 Å². The van der Waals surface area contributed by atoms with Gasteiger partial charge in [0.05, 0.1) is 0 Å². The van der Waals surface area contributed by atoms with Gasteiger partial charge >= 0.3 is 5.97 Å². The summed E-state index contributed by atoms with van der Waals surface area (Å²) in [6.07, 6.45) is 3.02. The molecule has 1 aliphatic rings. The molecule has 0 bridgehead atoms. The minimum Gasteiger partial charge on any atom is -0.480 e. The summed E-state index contributed by atoms with van der Waals surface area (Å²) in [7, 11) is 0. The van der Waals surface area contributed by atoms with E-state index in [0.29, 0.717) is 25.4 Å². The smallest absolute Gasteiger partial charge is 0.326 e. The number of nitrogens with two attached hydrogens (primary N) is 1. The van der Waals surface area contributed by atoms with Gasteiger partial charge in [-0.25, -0.2) is 4.79 Å². The van der Waals surface area contributed by atoms with Crippen LogP contribution in [-0.4, -0.2) is 41.0 Å². The monoisotopic (exact) mass is 284 g/mol. The van der Waals surface area contributed by atoms with Crippen LogP contribution in [0.4, 0.5) is 0 Å². The fraction of sp³-hybridized carbons (Fsp3) is 0.867. The van der Waals surface area contributed by atoms with E-state index in [0.717, 1.165) is 19.3 Å². The van der Waals surface area contributed by atoms with Crippen molar-refractivity contribution in [1.82, 2.24) is 4.90 Å². The van der Waals surface area contributed by atoms with Gasteiger partial charge < -0.3 is 15.7 Å². The number of amides is 1. The van der Waals surface area contributed by atoms with Gasteiger partial charge in [-0.15, -0.1) is 0 Å². The largest absolute Gasteiger partial charge is 0.480 e. The van der Waals surface area contributed by atoms with Crippen LogP contribution in [0, 0.1) is 17.8 Å². The number of carboxylic acids is 1. The molecule has 0 spiro atoms. The van der Waals surface area contributed by atoms with Crippen molar-refractivity contribution >= 4 is 11.9 Å². The molecule has 1 heterocycles. The molecule has 0 aromatic rings. The summed E-state index contributed by atoms with van der Waals surface area (Å²) >= 11 is 0. The number of aliphatic carboxylic acids is 1. The Hall–Kier alpha value is -1.10. The third kappa shape index (κ3) is 4.47. The molecule has 1 aliphatic heterocycles. The summed E-state index contributed by atoms with van der Waals surface area (Å²) in [5, 5.41) is 9.35. The molecule has 0 radical (unpaired) electrons. The van der Waals surface area contributed by atoms with E-state index in [9.17, 15) is 14.7 Å². The average Bonchev–Trinajstić information content (AvgIpc) is 2.36. The lowest BCUT2D eigenvalue weighted by Gasteiger charge is -2.38. The summed E-state index contributed by atoms with van der Waals surface area (Å²) in [5.41, 5.74) is 5.73. The van der Waals surface area contributed by atoms with E-state index in [-0.39, 0.29) is 17.7 Å². The second-order valence-corrected chi connectivity index (χ2v) is 6.43. The molecule has 3 atom stereocenters. The van der Waals surface area contributed by atoms with Crippen molar-refractivity contribution in [1.29, 1.82) is 0 Å². The van der Waals surface area contributed by atoms with E-state index < -0.39 is 12.0 Å². The Morgan fingerprint density at radius 1 is 1.40 bits per heavy atom. The van der Waals surface area contributed by atoms with E-state index >= 15 is 0 Å². The molecule has 1 saturated heterocycles. The Morgan fingerprint density at radius 2 is 2.05 bits per heavy atom. The number of rotatable bonds is 6. The van der Waals surface area contributed by atoms with E-state index in [1.807, 2.05) is 6.92 Å². The molecule has 1 fully saturated rings. The summed E-state index contributed by atoms with van der Waals surface area (Å²) in [5.74, 6) is -0.286. The van der Waals surface area contributed by atoms with Crippen LogP contribution in [0.5, 0.6) is 0 Å². The van der Waals surface area contributed by atoms with Crippen molar-refractivity contribution in [3.63, 3.8) is 0 Å². The van der Waals surface area contributed by atoms with Gasteiger partial charge in [0.1, 0.15) is 6.04 Å². The molecule has 2 unspecified atom stereocenters. The number of hydrogen-bond acceptors (Lipinski definition) is 3. The second-order valence-electron chi connectivity index (χ2n) is 6.43. The Balaban J connectivity index is 2.70. The van der Waals surface area contributed by atoms with Crippen LogP contribution in [0.2, 0.25) is 0 Å². The van der Waals surface area contributed by atoms with Crippen molar-refractivity contribution < 1.29 is 14.7 Å². The van der Waals surface area contributed by atoms with Gasteiger partial charge in [0, 0.05) is 13.0 Å². The van der Waals surface area contributed by atoms with Gasteiger partial charge in [-0.1, -0.05) is 20.8 Å². The van der Waals surface area contributed by atoms with Gasteiger partial charge in [0.25, 0.3) is 0 Å². The van der Waals surface area contributed by atoms with Gasteiger partial charge in [0.15, 0.2) is 0 Å². The fourth-order valence-electron chi connectivity index (χ4n) is 3.14. The molecule has 20 heavy (non-hydrogen) atoms. The van der Waals surface area contributed by atoms with Crippen molar-refractivity contribution in [2.24, 2.45) is 23.5 Å². The summed E-state index contributed by atoms with van der Waals surface area (Å²) < 4.78 is 0.